The number of aromatic hydroxyl groups is 1. The SMILES string of the molecule is Cc1ccc(O)c(C2COc3c(ccc4c3CCC(C)(C)O4)C2)c1. The van der Waals surface area contributed by atoms with Gasteiger partial charge in [-0.15, -0.1) is 0 Å². The van der Waals surface area contributed by atoms with Crippen molar-refractivity contribution in [3.63, 3.8) is 0 Å². The van der Waals surface area contributed by atoms with Crippen LogP contribution in [0.1, 0.15) is 48.4 Å². The summed E-state index contributed by atoms with van der Waals surface area (Å²) in [5.74, 6) is 2.52. The van der Waals surface area contributed by atoms with Crippen molar-refractivity contribution < 1.29 is 14.6 Å². The number of benzene rings is 2. The molecule has 3 nitrogen and oxygen atoms in total. The van der Waals surface area contributed by atoms with E-state index in [2.05, 4.69) is 39.0 Å². The van der Waals surface area contributed by atoms with Crippen LogP contribution in [0, 0.1) is 6.92 Å². The molecule has 0 aliphatic carbocycles. The van der Waals surface area contributed by atoms with Crippen molar-refractivity contribution in [3.8, 4) is 17.2 Å². The van der Waals surface area contributed by atoms with Crippen LogP contribution in [0.4, 0.5) is 0 Å². The second kappa shape index (κ2) is 5.44. The third kappa shape index (κ3) is 2.62. The zero-order valence-corrected chi connectivity index (χ0v) is 14.6. The van der Waals surface area contributed by atoms with Gasteiger partial charge in [0.05, 0.1) is 6.61 Å². The summed E-state index contributed by atoms with van der Waals surface area (Å²) in [5, 5.41) is 10.2. The molecular weight excluding hydrogens is 300 g/mol. The number of phenolic OH excluding ortho intramolecular Hbond substituents is 1. The minimum absolute atomic E-state index is 0.105. The maximum Gasteiger partial charge on any atom is 0.129 e. The Labute approximate surface area is 143 Å². The lowest BCUT2D eigenvalue weighted by Crippen LogP contribution is -2.33. The van der Waals surface area contributed by atoms with Gasteiger partial charge >= 0.3 is 0 Å². The molecule has 24 heavy (non-hydrogen) atoms. The maximum absolute atomic E-state index is 10.2. The summed E-state index contributed by atoms with van der Waals surface area (Å²) in [6.45, 7) is 6.92. The van der Waals surface area contributed by atoms with Crippen LogP contribution in [0.5, 0.6) is 17.2 Å². The molecule has 0 radical (unpaired) electrons. The third-order valence-electron chi connectivity index (χ3n) is 5.18. The van der Waals surface area contributed by atoms with Crippen molar-refractivity contribution in [3.05, 3.63) is 52.6 Å². The predicted octanol–water partition coefficient (Wildman–Crippen LogP) is 4.52. The fourth-order valence-corrected chi connectivity index (χ4v) is 3.81. The Hall–Kier alpha value is -2.16. The molecule has 1 atom stereocenters. The first kappa shape index (κ1) is 15.4. The zero-order valence-electron chi connectivity index (χ0n) is 14.6. The van der Waals surface area contributed by atoms with Gasteiger partial charge in [-0.3, -0.25) is 0 Å². The van der Waals surface area contributed by atoms with E-state index in [4.69, 9.17) is 9.47 Å². The second-order valence-electron chi connectivity index (χ2n) is 7.67. The smallest absolute Gasteiger partial charge is 0.129 e. The quantitative estimate of drug-likeness (QED) is 0.838. The molecule has 2 aromatic carbocycles. The van der Waals surface area contributed by atoms with Gasteiger partial charge in [0.15, 0.2) is 0 Å². The summed E-state index contributed by atoms with van der Waals surface area (Å²) in [7, 11) is 0. The molecule has 2 heterocycles. The van der Waals surface area contributed by atoms with E-state index in [1.54, 1.807) is 6.07 Å². The van der Waals surface area contributed by atoms with Gasteiger partial charge in [-0.05, 0) is 57.7 Å². The lowest BCUT2D eigenvalue weighted by molar-refractivity contribution is 0.0826. The summed E-state index contributed by atoms with van der Waals surface area (Å²) in [4.78, 5) is 0. The molecule has 0 fully saturated rings. The van der Waals surface area contributed by atoms with E-state index in [0.717, 1.165) is 41.9 Å². The fourth-order valence-electron chi connectivity index (χ4n) is 3.81. The molecule has 3 heteroatoms. The molecule has 0 spiro atoms. The summed E-state index contributed by atoms with van der Waals surface area (Å²) < 4.78 is 12.3. The summed E-state index contributed by atoms with van der Waals surface area (Å²) in [5.41, 5.74) is 4.46. The number of aryl methyl sites for hydroxylation is 1. The van der Waals surface area contributed by atoms with Crippen LogP contribution in [0.25, 0.3) is 0 Å². The molecule has 0 bridgehead atoms. The summed E-state index contributed by atoms with van der Waals surface area (Å²) in [6, 6.07) is 9.98. The van der Waals surface area contributed by atoms with Crippen molar-refractivity contribution in [2.45, 2.75) is 51.6 Å². The van der Waals surface area contributed by atoms with Crippen LogP contribution < -0.4 is 9.47 Å². The normalized spacial score (nSPS) is 21.2. The molecule has 4 rings (SSSR count). The van der Waals surface area contributed by atoms with E-state index < -0.39 is 0 Å². The van der Waals surface area contributed by atoms with Crippen LogP contribution >= 0.6 is 0 Å². The van der Waals surface area contributed by atoms with Crippen molar-refractivity contribution in [2.75, 3.05) is 6.61 Å². The largest absolute Gasteiger partial charge is 0.508 e. The molecule has 1 unspecified atom stereocenters. The Kier molecular flexibility index (Phi) is 3.48. The first-order valence-electron chi connectivity index (χ1n) is 8.69. The van der Waals surface area contributed by atoms with Crippen molar-refractivity contribution in [1.82, 2.24) is 0 Å². The van der Waals surface area contributed by atoms with Crippen LogP contribution in [0.3, 0.4) is 0 Å². The van der Waals surface area contributed by atoms with Crippen LogP contribution in [0.2, 0.25) is 0 Å². The van der Waals surface area contributed by atoms with Gasteiger partial charge in [-0.1, -0.05) is 23.8 Å². The summed E-state index contributed by atoms with van der Waals surface area (Å²) in [6.07, 6.45) is 2.89. The molecule has 2 aromatic rings. The Morgan fingerprint density at radius 1 is 1.17 bits per heavy atom. The lowest BCUT2D eigenvalue weighted by Gasteiger charge is -2.35. The molecule has 0 saturated heterocycles. The van der Waals surface area contributed by atoms with E-state index in [1.807, 2.05) is 6.07 Å². The molecule has 2 aliphatic heterocycles. The van der Waals surface area contributed by atoms with Gasteiger partial charge in [-0.2, -0.15) is 0 Å². The number of hydrogen-bond acceptors (Lipinski definition) is 3. The molecule has 0 saturated carbocycles. The average molecular weight is 324 g/mol. The molecular formula is C21H24O3. The van der Waals surface area contributed by atoms with Gasteiger partial charge in [0.1, 0.15) is 22.8 Å². The van der Waals surface area contributed by atoms with Gasteiger partial charge in [0.25, 0.3) is 0 Å². The second-order valence-corrected chi connectivity index (χ2v) is 7.67. The van der Waals surface area contributed by atoms with Gasteiger partial charge in [-0.25, -0.2) is 0 Å². The highest BCUT2D eigenvalue weighted by molar-refractivity contribution is 5.53. The number of rotatable bonds is 1. The van der Waals surface area contributed by atoms with E-state index in [-0.39, 0.29) is 11.5 Å². The average Bonchev–Trinajstić information content (AvgIpc) is 2.55. The summed E-state index contributed by atoms with van der Waals surface area (Å²) >= 11 is 0. The fraction of sp³-hybridized carbons (Fsp3) is 0.429. The number of phenols is 1. The van der Waals surface area contributed by atoms with Crippen LogP contribution in [-0.2, 0) is 12.8 Å². The molecule has 126 valence electrons. The van der Waals surface area contributed by atoms with E-state index in [1.165, 1.54) is 11.1 Å². The van der Waals surface area contributed by atoms with Crippen LogP contribution in [-0.4, -0.2) is 17.3 Å². The monoisotopic (exact) mass is 324 g/mol. The molecule has 2 aliphatic rings. The van der Waals surface area contributed by atoms with Gasteiger partial charge < -0.3 is 14.6 Å². The molecule has 1 N–H and O–H groups in total. The van der Waals surface area contributed by atoms with Gasteiger partial charge in [0, 0.05) is 17.0 Å². The molecule has 0 amide bonds. The Balaban J connectivity index is 1.66. The first-order chi connectivity index (χ1) is 11.4. The number of ether oxygens (including phenoxy) is 2. The van der Waals surface area contributed by atoms with E-state index in [9.17, 15) is 5.11 Å². The highest BCUT2D eigenvalue weighted by Crippen LogP contribution is 2.44. The minimum Gasteiger partial charge on any atom is -0.508 e. The topological polar surface area (TPSA) is 38.7 Å². The van der Waals surface area contributed by atoms with E-state index in [0.29, 0.717) is 12.4 Å². The van der Waals surface area contributed by atoms with Crippen LogP contribution in [0.15, 0.2) is 30.3 Å². The number of hydrogen-bond donors (Lipinski definition) is 1. The van der Waals surface area contributed by atoms with E-state index >= 15 is 0 Å². The maximum atomic E-state index is 10.2. The zero-order chi connectivity index (χ0) is 16.9. The predicted molar refractivity (Wildman–Crippen MR) is 94.3 cm³/mol. The first-order valence-corrected chi connectivity index (χ1v) is 8.69. The lowest BCUT2D eigenvalue weighted by atomic mass is 9.86. The standard InChI is InChI=1S/C21H24O3/c1-13-4-6-18(22)17(10-13)15-11-14-5-7-19-16(20(14)23-12-15)8-9-21(2,3)24-19/h4-7,10,15,22H,8-9,11-12H2,1-3H3. The minimum atomic E-state index is -0.105. The Bertz CT molecular complexity index is 792. The number of fused-ring (bicyclic) bond motifs is 3. The van der Waals surface area contributed by atoms with Crippen molar-refractivity contribution in [1.29, 1.82) is 0 Å². The molecule has 0 aromatic heterocycles. The van der Waals surface area contributed by atoms with Gasteiger partial charge in [0.2, 0.25) is 0 Å². The highest BCUT2D eigenvalue weighted by Gasteiger charge is 2.32. The third-order valence-corrected chi connectivity index (χ3v) is 5.18. The van der Waals surface area contributed by atoms with Crippen molar-refractivity contribution in [2.24, 2.45) is 0 Å². The highest BCUT2D eigenvalue weighted by atomic mass is 16.5. The Morgan fingerprint density at radius 2 is 2.00 bits per heavy atom. The Morgan fingerprint density at radius 3 is 2.83 bits per heavy atom. The van der Waals surface area contributed by atoms with Crippen molar-refractivity contribution >= 4 is 0 Å².